The Hall–Kier alpha value is -2.42. The molecular formula is C56H82Cl2N4O3. The van der Waals surface area contributed by atoms with Gasteiger partial charge in [0.1, 0.15) is 6.10 Å². The molecule has 6 aliphatic rings. The maximum atomic E-state index is 14.8. The van der Waals surface area contributed by atoms with E-state index in [1.165, 1.54) is 24.0 Å². The van der Waals surface area contributed by atoms with Crippen LogP contribution in [0.4, 0.5) is 0 Å². The summed E-state index contributed by atoms with van der Waals surface area (Å²) in [5, 5.41) is 5.14. The molecule has 7 nitrogen and oxygen atoms in total. The van der Waals surface area contributed by atoms with E-state index in [0.717, 1.165) is 133 Å². The number of amides is 1. The van der Waals surface area contributed by atoms with E-state index in [9.17, 15) is 9.59 Å². The standard InChI is InChI=1S/C56H82Cl2N4O3/c1-39-21-26-56(28-27-54(7)46(50(56)40(39)2)19-20-48-53(6)24-23-49(65-41(3)63)52(4,5)47(53)22-25-55(48,54)8)51(64)59-29-9-30-60-33-35-61(36-34-60)31-10-32-62(37-42-11-15-44(57)16-12-42)38-43-13-17-45(58)18-14-43/h11-19,39-40,47-50H,9-10,20-38H2,1-8H3,(H,59,64)/t39-,40+,47+,48-,49+,50+,53+,54-,55-,56+/m1/s1. The number of halogens is 2. The summed E-state index contributed by atoms with van der Waals surface area (Å²) in [7, 11) is 0. The lowest BCUT2D eigenvalue weighted by atomic mass is 9.33. The third-order valence-corrected chi connectivity index (χ3v) is 20.2. The van der Waals surface area contributed by atoms with Crippen molar-refractivity contribution in [1.29, 1.82) is 0 Å². The minimum absolute atomic E-state index is 0.00572. The van der Waals surface area contributed by atoms with E-state index < -0.39 is 0 Å². The molecule has 9 heteroatoms. The van der Waals surface area contributed by atoms with Crippen molar-refractivity contribution in [1.82, 2.24) is 20.0 Å². The Morgan fingerprint density at radius 3 is 1.95 bits per heavy atom. The summed E-state index contributed by atoms with van der Waals surface area (Å²) < 4.78 is 6.00. The van der Waals surface area contributed by atoms with E-state index in [-0.39, 0.29) is 39.1 Å². The van der Waals surface area contributed by atoms with Gasteiger partial charge in [-0.1, -0.05) is 108 Å². The van der Waals surface area contributed by atoms with Crippen LogP contribution in [0, 0.1) is 56.7 Å². The highest BCUT2D eigenvalue weighted by Gasteiger charge is 2.69. The van der Waals surface area contributed by atoms with E-state index in [2.05, 4.69) is 98.8 Å². The fraction of sp³-hybridized carbons (Fsp3) is 0.714. The first kappa shape index (κ1) is 49.0. The van der Waals surface area contributed by atoms with Gasteiger partial charge in [0.2, 0.25) is 5.91 Å². The number of esters is 1. The van der Waals surface area contributed by atoms with Crippen LogP contribution in [0.2, 0.25) is 10.0 Å². The number of nitrogens with zero attached hydrogens (tertiary/aromatic N) is 3. The quantitative estimate of drug-likeness (QED) is 0.116. The Kier molecular flexibility index (Phi) is 14.7. The average molecular weight is 930 g/mol. The molecule has 1 saturated heterocycles. The van der Waals surface area contributed by atoms with Gasteiger partial charge in [-0.25, -0.2) is 0 Å². The monoisotopic (exact) mass is 929 g/mol. The van der Waals surface area contributed by atoms with Gasteiger partial charge in [-0.2, -0.15) is 0 Å². The van der Waals surface area contributed by atoms with Crippen LogP contribution in [0.1, 0.15) is 137 Å². The van der Waals surface area contributed by atoms with Gasteiger partial charge in [-0.05, 0) is 165 Å². The Balaban J connectivity index is 0.844. The SMILES string of the molecule is CC(=O)O[C@H]1CC[C@]2(C)[C@H]3CC=C4[C@@H]5[C@@H](C)[C@H](C)CC[C@]5(C(=O)NCCCN5CCN(CCCN(Cc6ccc(Cl)cc6)Cc6ccc(Cl)cc6)CC5)CC[C@@]4(C)[C@]3(C)CC[C@H]2C1(C)C. The zero-order valence-electron chi connectivity index (χ0n) is 41.3. The first-order chi connectivity index (χ1) is 30.9. The van der Waals surface area contributed by atoms with Gasteiger partial charge in [-0.15, -0.1) is 0 Å². The molecule has 1 N–H and O–H groups in total. The molecule has 4 saturated carbocycles. The van der Waals surface area contributed by atoms with Crippen LogP contribution in [-0.4, -0.2) is 85.0 Å². The van der Waals surface area contributed by atoms with Gasteiger partial charge in [0.25, 0.3) is 0 Å². The molecule has 358 valence electrons. The van der Waals surface area contributed by atoms with Crippen molar-refractivity contribution in [3.63, 3.8) is 0 Å². The summed E-state index contributed by atoms with van der Waals surface area (Å²) in [5.74, 6) is 2.70. The molecule has 5 aliphatic carbocycles. The number of benzene rings is 2. The van der Waals surface area contributed by atoms with Gasteiger partial charge in [-0.3, -0.25) is 14.5 Å². The van der Waals surface area contributed by atoms with E-state index in [0.29, 0.717) is 35.5 Å². The molecule has 1 heterocycles. The van der Waals surface area contributed by atoms with E-state index in [4.69, 9.17) is 27.9 Å². The lowest BCUT2D eigenvalue weighted by Gasteiger charge is -2.71. The number of piperazine rings is 1. The number of fused-ring (bicyclic) bond motifs is 7. The zero-order valence-corrected chi connectivity index (χ0v) is 42.8. The summed E-state index contributed by atoms with van der Waals surface area (Å²) in [6.07, 6.45) is 14.6. The highest BCUT2D eigenvalue weighted by atomic mass is 35.5. The number of rotatable bonds is 14. The largest absolute Gasteiger partial charge is 0.462 e. The Morgan fingerprint density at radius 1 is 0.754 bits per heavy atom. The molecule has 1 aliphatic heterocycles. The van der Waals surface area contributed by atoms with Crippen molar-refractivity contribution in [3.05, 3.63) is 81.4 Å². The smallest absolute Gasteiger partial charge is 0.302 e. The van der Waals surface area contributed by atoms with Crippen LogP contribution in [0.25, 0.3) is 0 Å². The topological polar surface area (TPSA) is 65.1 Å². The second-order valence-corrected chi connectivity index (χ2v) is 24.2. The first-order valence-electron chi connectivity index (χ1n) is 25.7. The van der Waals surface area contributed by atoms with Crippen molar-refractivity contribution < 1.29 is 14.3 Å². The molecule has 0 unspecified atom stereocenters. The predicted octanol–water partition coefficient (Wildman–Crippen LogP) is 12.1. The molecule has 0 radical (unpaired) electrons. The first-order valence-corrected chi connectivity index (χ1v) is 26.5. The van der Waals surface area contributed by atoms with Crippen molar-refractivity contribution in [3.8, 4) is 0 Å². The van der Waals surface area contributed by atoms with E-state index in [1.807, 2.05) is 24.3 Å². The van der Waals surface area contributed by atoms with Crippen LogP contribution in [0.15, 0.2) is 60.2 Å². The van der Waals surface area contributed by atoms with Gasteiger partial charge in [0.15, 0.2) is 0 Å². The molecule has 10 atom stereocenters. The summed E-state index contributed by atoms with van der Waals surface area (Å²) in [5.41, 5.74) is 4.29. The van der Waals surface area contributed by atoms with Crippen LogP contribution in [0.5, 0.6) is 0 Å². The number of hydrogen-bond acceptors (Lipinski definition) is 6. The Bertz CT molecular complexity index is 1970. The highest BCUT2D eigenvalue weighted by Crippen LogP contribution is 2.76. The van der Waals surface area contributed by atoms with Crippen molar-refractivity contribution in [2.45, 2.75) is 145 Å². The Labute approximate surface area is 403 Å². The van der Waals surface area contributed by atoms with Crippen molar-refractivity contribution >= 4 is 35.1 Å². The number of carbonyl (C=O) groups excluding carboxylic acids is 2. The summed E-state index contributed by atoms with van der Waals surface area (Å²) in [6.45, 7) is 29.2. The lowest BCUT2D eigenvalue weighted by molar-refractivity contribution is -0.212. The fourth-order valence-corrected chi connectivity index (χ4v) is 15.9. The molecule has 2 aromatic rings. The van der Waals surface area contributed by atoms with Crippen LogP contribution >= 0.6 is 23.2 Å². The molecule has 5 fully saturated rings. The lowest BCUT2D eigenvalue weighted by Crippen LogP contribution is -2.66. The molecule has 8 rings (SSSR count). The molecule has 1 amide bonds. The zero-order chi connectivity index (χ0) is 46.4. The van der Waals surface area contributed by atoms with Crippen LogP contribution in [0.3, 0.4) is 0 Å². The number of hydrogen-bond donors (Lipinski definition) is 1. The van der Waals surface area contributed by atoms with Crippen molar-refractivity contribution in [2.75, 3.05) is 52.4 Å². The second-order valence-electron chi connectivity index (χ2n) is 23.4. The number of allylic oxidation sites excluding steroid dienone is 2. The molecule has 0 aromatic heterocycles. The maximum Gasteiger partial charge on any atom is 0.302 e. The molecular weight excluding hydrogens is 848 g/mol. The third-order valence-electron chi connectivity index (χ3n) is 19.7. The summed E-state index contributed by atoms with van der Waals surface area (Å²) in [4.78, 5) is 34.8. The summed E-state index contributed by atoms with van der Waals surface area (Å²) >= 11 is 12.4. The van der Waals surface area contributed by atoms with Gasteiger partial charge >= 0.3 is 5.97 Å². The average Bonchev–Trinajstić information content (AvgIpc) is 3.26. The van der Waals surface area contributed by atoms with Gasteiger partial charge in [0.05, 0.1) is 5.41 Å². The van der Waals surface area contributed by atoms with Crippen LogP contribution in [-0.2, 0) is 27.4 Å². The molecule has 0 bridgehead atoms. The second kappa shape index (κ2) is 19.5. The normalized spacial score (nSPS) is 35.8. The minimum Gasteiger partial charge on any atom is -0.462 e. The maximum absolute atomic E-state index is 14.8. The number of carbonyl (C=O) groups is 2. The minimum atomic E-state index is -0.309. The molecule has 2 aromatic carbocycles. The van der Waals surface area contributed by atoms with E-state index >= 15 is 0 Å². The summed E-state index contributed by atoms with van der Waals surface area (Å²) in [6, 6.07) is 16.5. The number of nitrogens with one attached hydrogen (secondary N) is 1. The highest BCUT2D eigenvalue weighted by molar-refractivity contribution is 6.30. The van der Waals surface area contributed by atoms with Gasteiger partial charge in [0, 0.05) is 74.7 Å². The Morgan fingerprint density at radius 2 is 1.35 bits per heavy atom. The number of ether oxygens (including phenoxy) is 1. The third kappa shape index (κ3) is 9.51. The molecule has 65 heavy (non-hydrogen) atoms. The molecule has 0 spiro atoms. The fourth-order valence-electron chi connectivity index (χ4n) is 15.6. The predicted molar refractivity (Wildman–Crippen MR) is 267 cm³/mol. The van der Waals surface area contributed by atoms with Crippen molar-refractivity contribution in [2.24, 2.45) is 56.7 Å². The van der Waals surface area contributed by atoms with E-state index in [1.54, 1.807) is 12.5 Å². The van der Waals surface area contributed by atoms with Crippen LogP contribution < -0.4 is 5.32 Å². The van der Waals surface area contributed by atoms with Gasteiger partial charge < -0.3 is 19.9 Å².